The van der Waals surface area contributed by atoms with Crippen LogP contribution in [0.25, 0.3) is 0 Å². The molecular formula is C7H9N3O2. The van der Waals surface area contributed by atoms with E-state index < -0.39 is 5.97 Å². The third-order valence-electron chi connectivity index (χ3n) is 1.72. The second-order valence-electron chi connectivity index (χ2n) is 2.87. The van der Waals surface area contributed by atoms with Gasteiger partial charge in [0.25, 0.3) is 0 Å². The minimum atomic E-state index is -0.980. The molecule has 1 heterocycles. The molecule has 1 aliphatic rings. The Morgan fingerprint density at radius 1 is 1.75 bits per heavy atom. The minimum Gasteiger partial charge on any atom is -0.477 e. The number of aromatic amines is 1. The first-order chi connectivity index (χ1) is 5.75. The van der Waals surface area contributed by atoms with Crippen LogP contribution in [0.3, 0.4) is 0 Å². The van der Waals surface area contributed by atoms with Gasteiger partial charge < -0.3 is 15.4 Å². The highest BCUT2D eigenvalue weighted by molar-refractivity contribution is 5.85. The van der Waals surface area contributed by atoms with E-state index in [0.29, 0.717) is 12.0 Å². The van der Waals surface area contributed by atoms with E-state index in [1.807, 2.05) is 0 Å². The standard InChI is InChI=1S/C7H9N3O2/c11-6(12)5-3-8-7(10-5)9-4-1-2-4/h3-4H,1-2H2,(H,11,12)(H2,8,9,10). The summed E-state index contributed by atoms with van der Waals surface area (Å²) < 4.78 is 0. The van der Waals surface area contributed by atoms with Crippen molar-refractivity contribution in [3.63, 3.8) is 0 Å². The maximum Gasteiger partial charge on any atom is 0.354 e. The molecule has 0 bridgehead atoms. The Morgan fingerprint density at radius 2 is 2.50 bits per heavy atom. The fourth-order valence-corrected chi connectivity index (χ4v) is 0.924. The van der Waals surface area contributed by atoms with Gasteiger partial charge in [0.15, 0.2) is 0 Å². The molecule has 1 aromatic heterocycles. The van der Waals surface area contributed by atoms with Crippen LogP contribution in [0, 0.1) is 0 Å². The largest absolute Gasteiger partial charge is 0.477 e. The summed E-state index contributed by atoms with van der Waals surface area (Å²) in [5.74, 6) is -0.429. The van der Waals surface area contributed by atoms with Crippen molar-refractivity contribution < 1.29 is 9.90 Å². The molecule has 0 radical (unpaired) electrons. The summed E-state index contributed by atoms with van der Waals surface area (Å²) in [6, 6.07) is 0.484. The fraction of sp³-hybridized carbons (Fsp3) is 0.429. The number of rotatable bonds is 3. The maximum atomic E-state index is 10.4. The lowest BCUT2D eigenvalue weighted by atomic mass is 10.5. The van der Waals surface area contributed by atoms with Crippen molar-refractivity contribution in [2.75, 3.05) is 5.32 Å². The van der Waals surface area contributed by atoms with Crippen LogP contribution in [0.1, 0.15) is 23.3 Å². The maximum absolute atomic E-state index is 10.4. The topological polar surface area (TPSA) is 78.0 Å². The van der Waals surface area contributed by atoms with E-state index in [2.05, 4.69) is 15.3 Å². The highest BCUT2D eigenvalue weighted by Gasteiger charge is 2.22. The molecule has 0 saturated heterocycles. The predicted molar refractivity (Wildman–Crippen MR) is 42.2 cm³/mol. The molecule has 0 aliphatic heterocycles. The molecule has 0 unspecified atom stereocenters. The summed E-state index contributed by atoms with van der Waals surface area (Å²) in [7, 11) is 0. The van der Waals surface area contributed by atoms with Crippen LogP contribution < -0.4 is 5.32 Å². The molecule has 12 heavy (non-hydrogen) atoms. The molecule has 5 nitrogen and oxygen atoms in total. The number of carbonyl (C=O) groups is 1. The van der Waals surface area contributed by atoms with Crippen molar-refractivity contribution in [2.24, 2.45) is 0 Å². The van der Waals surface area contributed by atoms with E-state index >= 15 is 0 Å². The summed E-state index contributed by atoms with van der Waals surface area (Å²) >= 11 is 0. The van der Waals surface area contributed by atoms with E-state index in [-0.39, 0.29) is 5.69 Å². The van der Waals surface area contributed by atoms with E-state index in [0.717, 1.165) is 12.8 Å². The molecule has 3 N–H and O–H groups in total. The lowest BCUT2D eigenvalue weighted by Crippen LogP contribution is -2.03. The summed E-state index contributed by atoms with van der Waals surface area (Å²) in [6.45, 7) is 0. The Morgan fingerprint density at radius 3 is 3.00 bits per heavy atom. The van der Waals surface area contributed by atoms with E-state index in [4.69, 9.17) is 5.11 Å². The normalized spacial score (nSPS) is 16.0. The lowest BCUT2D eigenvalue weighted by Gasteiger charge is -1.96. The van der Waals surface area contributed by atoms with Gasteiger partial charge in [0, 0.05) is 6.04 Å². The van der Waals surface area contributed by atoms with E-state index in [1.54, 1.807) is 0 Å². The lowest BCUT2D eigenvalue weighted by molar-refractivity contribution is 0.0691. The van der Waals surface area contributed by atoms with Gasteiger partial charge in [-0.1, -0.05) is 0 Å². The van der Waals surface area contributed by atoms with Crippen LogP contribution in [0.15, 0.2) is 6.20 Å². The molecule has 5 heteroatoms. The number of anilines is 1. The molecule has 0 spiro atoms. The predicted octanol–water partition coefficient (Wildman–Crippen LogP) is 0.682. The Bertz CT molecular complexity index is 303. The molecule has 0 amide bonds. The summed E-state index contributed by atoms with van der Waals surface area (Å²) in [6.07, 6.45) is 3.60. The van der Waals surface area contributed by atoms with E-state index in [9.17, 15) is 4.79 Å². The van der Waals surface area contributed by atoms with Crippen molar-refractivity contribution in [1.29, 1.82) is 0 Å². The van der Waals surface area contributed by atoms with Gasteiger partial charge in [0.05, 0.1) is 6.20 Å². The van der Waals surface area contributed by atoms with Crippen molar-refractivity contribution in [3.8, 4) is 0 Å². The van der Waals surface area contributed by atoms with Gasteiger partial charge in [-0.25, -0.2) is 9.78 Å². The molecule has 1 saturated carbocycles. The van der Waals surface area contributed by atoms with Crippen LogP contribution in [-0.2, 0) is 0 Å². The molecular weight excluding hydrogens is 158 g/mol. The van der Waals surface area contributed by atoms with Crippen LogP contribution >= 0.6 is 0 Å². The smallest absolute Gasteiger partial charge is 0.354 e. The van der Waals surface area contributed by atoms with Gasteiger partial charge in [0.2, 0.25) is 5.95 Å². The number of H-pyrrole nitrogens is 1. The van der Waals surface area contributed by atoms with Gasteiger partial charge in [-0.05, 0) is 12.8 Å². The molecule has 1 aromatic rings. The van der Waals surface area contributed by atoms with Crippen molar-refractivity contribution in [3.05, 3.63) is 11.9 Å². The van der Waals surface area contributed by atoms with Crippen LogP contribution in [0.2, 0.25) is 0 Å². The van der Waals surface area contributed by atoms with Gasteiger partial charge in [-0.3, -0.25) is 0 Å². The SMILES string of the molecule is O=C(O)c1cnc(NC2CC2)[nH]1. The third kappa shape index (κ3) is 1.39. The number of nitrogens with one attached hydrogen (secondary N) is 2. The second kappa shape index (κ2) is 2.51. The van der Waals surface area contributed by atoms with Gasteiger partial charge in [0.1, 0.15) is 5.69 Å². The number of carboxylic acid groups (broad SMARTS) is 1. The number of nitrogens with zero attached hydrogens (tertiary/aromatic N) is 1. The van der Waals surface area contributed by atoms with Gasteiger partial charge in [-0.15, -0.1) is 0 Å². The van der Waals surface area contributed by atoms with Gasteiger partial charge in [-0.2, -0.15) is 0 Å². The van der Waals surface area contributed by atoms with Crippen LogP contribution in [0.5, 0.6) is 0 Å². The van der Waals surface area contributed by atoms with Crippen LogP contribution in [0.4, 0.5) is 5.95 Å². The number of hydrogen-bond donors (Lipinski definition) is 3. The zero-order chi connectivity index (χ0) is 8.55. The molecule has 2 rings (SSSR count). The molecule has 1 fully saturated rings. The molecule has 0 aromatic carbocycles. The Labute approximate surface area is 68.8 Å². The molecule has 64 valence electrons. The second-order valence-corrected chi connectivity index (χ2v) is 2.87. The Kier molecular flexibility index (Phi) is 1.49. The number of hydrogen-bond acceptors (Lipinski definition) is 3. The zero-order valence-electron chi connectivity index (χ0n) is 6.37. The molecule has 0 atom stereocenters. The number of aromatic carboxylic acids is 1. The third-order valence-corrected chi connectivity index (χ3v) is 1.72. The van der Waals surface area contributed by atoms with Crippen LogP contribution in [-0.4, -0.2) is 27.1 Å². The van der Waals surface area contributed by atoms with E-state index in [1.165, 1.54) is 6.20 Å². The van der Waals surface area contributed by atoms with Crippen molar-refractivity contribution >= 4 is 11.9 Å². The van der Waals surface area contributed by atoms with Crippen molar-refractivity contribution in [2.45, 2.75) is 18.9 Å². The number of imidazole rings is 1. The first-order valence-corrected chi connectivity index (χ1v) is 3.80. The zero-order valence-corrected chi connectivity index (χ0v) is 6.37. The molecule has 1 aliphatic carbocycles. The average Bonchev–Trinajstić information content (AvgIpc) is 2.66. The minimum absolute atomic E-state index is 0.123. The Hall–Kier alpha value is -1.52. The van der Waals surface area contributed by atoms with Gasteiger partial charge >= 0.3 is 5.97 Å². The quantitative estimate of drug-likeness (QED) is 0.618. The first-order valence-electron chi connectivity index (χ1n) is 3.80. The van der Waals surface area contributed by atoms with Crippen molar-refractivity contribution in [1.82, 2.24) is 9.97 Å². The fourth-order valence-electron chi connectivity index (χ4n) is 0.924. The number of aromatic nitrogens is 2. The highest BCUT2D eigenvalue weighted by atomic mass is 16.4. The first kappa shape index (κ1) is 7.15. The number of carboxylic acids is 1. The summed E-state index contributed by atoms with van der Waals surface area (Å²) in [5, 5.41) is 11.6. The summed E-state index contributed by atoms with van der Waals surface area (Å²) in [5.41, 5.74) is 0.123. The summed E-state index contributed by atoms with van der Waals surface area (Å²) in [4.78, 5) is 16.9. The highest BCUT2D eigenvalue weighted by Crippen LogP contribution is 2.22. The average molecular weight is 167 g/mol. The Balaban J connectivity index is 2.06. The monoisotopic (exact) mass is 167 g/mol.